The Bertz CT molecular complexity index is 1370. The Hall–Kier alpha value is -3.72. The molecule has 3 aromatic heterocycles. The number of hydrogen-bond donors (Lipinski definition) is 2. The third-order valence-corrected chi connectivity index (χ3v) is 7.53. The van der Waals surface area contributed by atoms with E-state index in [1.54, 1.807) is 34.8 Å². The minimum absolute atomic E-state index is 0.0891. The van der Waals surface area contributed by atoms with Gasteiger partial charge >= 0.3 is 6.09 Å². The second-order valence-electron chi connectivity index (χ2n) is 9.98. The fourth-order valence-electron chi connectivity index (χ4n) is 4.91. The molecule has 1 saturated heterocycles. The van der Waals surface area contributed by atoms with Crippen molar-refractivity contribution in [3.05, 3.63) is 61.1 Å². The first-order valence-corrected chi connectivity index (χ1v) is 12.9. The minimum Gasteiger partial charge on any atom is -0.465 e. The zero-order valence-electron chi connectivity index (χ0n) is 20.7. The van der Waals surface area contributed by atoms with Crippen LogP contribution in [0.5, 0.6) is 0 Å². The van der Waals surface area contributed by atoms with Crippen molar-refractivity contribution in [2.45, 2.75) is 45.2 Å². The van der Waals surface area contributed by atoms with Gasteiger partial charge in [-0.05, 0) is 45.7 Å². The van der Waals surface area contributed by atoms with E-state index < -0.39 is 11.6 Å². The second kappa shape index (κ2) is 9.73. The van der Waals surface area contributed by atoms with Crippen molar-refractivity contribution >= 4 is 44.8 Å². The molecule has 1 aliphatic heterocycles. The number of benzene rings is 1. The summed E-state index contributed by atoms with van der Waals surface area (Å²) in [6, 6.07) is 14.0. The lowest BCUT2D eigenvalue weighted by Crippen LogP contribution is -2.56. The van der Waals surface area contributed by atoms with Crippen LogP contribution in [-0.4, -0.2) is 55.7 Å². The van der Waals surface area contributed by atoms with Crippen LogP contribution in [-0.2, 0) is 0 Å². The highest BCUT2D eigenvalue weighted by atomic mass is 32.1. The number of piperidine rings is 1. The highest BCUT2D eigenvalue weighted by Gasteiger charge is 2.36. The average Bonchev–Trinajstić information content (AvgIpc) is 3.30. The number of carboxylic acid groups (broad SMARTS) is 1. The maximum atomic E-state index is 12.1. The van der Waals surface area contributed by atoms with E-state index in [0.717, 1.165) is 57.4 Å². The van der Waals surface area contributed by atoms with Gasteiger partial charge < -0.3 is 15.3 Å². The van der Waals surface area contributed by atoms with E-state index in [4.69, 9.17) is 4.98 Å². The number of anilines is 3. The molecule has 4 heterocycles. The van der Waals surface area contributed by atoms with E-state index in [2.05, 4.69) is 32.3 Å². The molecule has 0 spiro atoms. The molecule has 0 radical (unpaired) electrons. The molecule has 5 rings (SSSR count). The van der Waals surface area contributed by atoms with Crippen LogP contribution < -0.4 is 10.2 Å². The summed E-state index contributed by atoms with van der Waals surface area (Å²) in [5.74, 6) is 0.733. The fraction of sp³-hybridized carbons (Fsp3) is 0.333. The van der Waals surface area contributed by atoms with Crippen molar-refractivity contribution in [3.63, 3.8) is 0 Å². The molecule has 36 heavy (non-hydrogen) atoms. The lowest BCUT2D eigenvalue weighted by molar-refractivity contribution is 0.0648. The van der Waals surface area contributed by atoms with E-state index in [9.17, 15) is 9.90 Å². The first-order valence-electron chi connectivity index (χ1n) is 12.1. The zero-order valence-corrected chi connectivity index (χ0v) is 21.5. The molecule has 1 aromatic carbocycles. The van der Waals surface area contributed by atoms with Gasteiger partial charge in [-0.1, -0.05) is 30.3 Å². The average molecular weight is 503 g/mol. The largest absolute Gasteiger partial charge is 0.465 e. The predicted molar refractivity (Wildman–Crippen MR) is 145 cm³/mol. The van der Waals surface area contributed by atoms with Crippen molar-refractivity contribution in [2.24, 2.45) is 0 Å². The van der Waals surface area contributed by atoms with Crippen molar-refractivity contribution < 1.29 is 9.90 Å². The number of hydrogen-bond acceptors (Lipinski definition) is 7. The smallest absolute Gasteiger partial charge is 0.408 e. The van der Waals surface area contributed by atoms with Gasteiger partial charge in [0.2, 0.25) is 0 Å². The number of thiazole rings is 1. The molecule has 4 aromatic rings. The maximum absolute atomic E-state index is 12.1. The summed E-state index contributed by atoms with van der Waals surface area (Å²) in [6.45, 7) is 7.32. The SMILES string of the molecule is CC(C)(C)N(C(=O)O)[C@H]1CCCN(c2ccncc2Nc2nccc3nc(-c4ccccc4)sc23)C1. The molecule has 0 unspecified atom stereocenters. The van der Waals surface area contributed by atoms with Gasteiger partial charge in [0.15, 0.2) is 0 Å². The first kappa shape index (κ1) is 24.0. The Morgan fingerprint density at radius 2 is 1.97 bits per heavy atom. The van der Waals surface area contributed by atoms with E-state index >= 15 is 0 Å². The molecule has 1 atom stereocenters. The van der Waals surface area contributed by atoms with Crippen LogP contribution in [0.4, 0.5) is 22.0 Å². The second-order valence-corrected chi connectivity index (χ2v) is 11.0. The number of pyridine rings is 2. The van der Waals surface area contributed by atoms with Crippen molar-refractivity contribution in [2.75, 3.05) is 23.3 Å². The molecule has 1 fully saturated rings. The number of nitrogens with one attached hydrogen (secondary N) is 1. The van der Waals surface area contributed by atoms with Crippen LogP contribution in [0.2, 0.25) is 0 Å². The van der Waals surface area contributed by atoms with Crippen molar-refractivity contribution in [1.82, 2.24) is 19.9 Å². The summed E-state index contributed by atoms with van der Waals surface area (Å²) >= 11 is 1.61. The molecule has 1 amide bonds. The number of aromatic nitrogens is 3. The number of nitrogens with zero attached hydrogens (tertiary/aromatic N) is 5. The molecule has 2 N–H and O–H groups in total. The van der Waals surface area contributed by atoms with Gasteiger partial charge in [0.1, 0.15) is 10.8 Å². The van der Waals surface area contributed by atoms with Gasteiger partial charge in [0.25, 0.3) is 0 Å². The molecule has 0 aliphatic carbocycles. The van der Waals surface area contributed by atoms with E-state index in [1.165, 1.54) is 0 Å². The Morgan fingerprint density at radius 3 is 2.72 bits per heavy atom. The van der Waals surface area contributed by atoms with Crippen LogP contribution in [0, 0.1) is 0 Å². The fourth-order valence-corrected chi connectivity index (χ4v) is 5.92. The number of fused-ring (bicyclic) bond motifs is 1. The Balaban J connectivity index is 1.44. The predicted octanol–water partition coefficient (Wildman–Crippen LogP) is 6.24. The lowest BCUT2D eigenvalue weighted by Gasteiger charge is -2.45. The number of amides is 1. The van der Waals surface area contributed by atoms with Gasteiger partial charge in [-0.2, -0.15) is 0 Å². The van der Waals surface area contributed by atoms with Crippen LogP contribution >= 0.6 is 11.3 Å². The highest BCUT2D eigenvalue weighted by Crippen LogP contribution is 2.37. The first-order chi connectivity index (χ1) is 17.3. The van der Waals surface area contributed by atoms with Crippen LogP contribution in [0.15, 0.2) is 61.1 Å². The Labute approximate surface area is 214 Å². The molecular formula is C27H30N6O2S. The number of carbonyl (C=O) groups is 1. The van der Waals surface area contributed by atoms with E-state index in [1.807, 2.05) is 51.1 Å². The molecule has 186 valence electrons. The Kier molecular flexibility index (Phi) is 6.49. The normalized spacial score (nSPS) is 16.2. The third kappa shape index (κ3) is 4.83. The van der Waals surface area contributed by atoms with E-state index in [-0.39, 0.29) is 6.04 Å². The van der Waals surface area contributed by atoms with Crippen LogP contribution in [0.1, 0.15) is 33.6 Å². The zero-order chi connectivity index (χ0) is 25.3. The van der Waals surface area contributed by atoms with Crippen LogP contribution in [0.3, 0.4) is 0 Å². The van der Waals surface area contributed by atoms with Gasteiger partial charge in [-0.25, -0.2) is 14.8 Å². The lowest BCUT2D eigenvalue weighted by atomic mass is 9.97. The topological polar surface area (TPSA) is 94.5 Å². The maximum Gasteiger partial charge on any atom is 0.408 e. The monoisotopic (exact) mass is 502 g/mol. The van der Waals surface area contributed by atoms with Crippen molar-refractivity contribution in [3.8, 4) is 10.6 Å². The van der Waals surface area contributed by atoms with Gasteiger partial charge in [-0.3, -0.25) is 9.88 Å². The summed E-state index contributed by atoms with van der Waals surface area (Å²) in [6.07, 6.45) is 6.22. The molecule has 0 saturated carbocycles. The number of rotatable bonds is 5. The third-order valence-electron chi connectivity index (χ3n) is 6.41. The summed E-state index contributed by atoms with van der Waals surface area (Å²) in [7, 11) is 0. The minimum atomic E-state index is -0.877. The molecule has 8 nitrogen and oxygen atoms in total. The molecule has 9 heteroatoms. The Morgan fingerprint density at radius 1 is 1.17 bits per heavy atom. The van der Waals surface area contributed by atoms with Gasteiger partial charge in [-0.15, -0.1) is 11.3 Å². The summed E-state index contributed by atoms with van der Waals surface area (Å²) < 4.78 is 0.979. The highest BCUT2D eigenvalue weighted by molar-refractivity contribution is 7.22. The molecular weight excluding hydrogens is 472 g/mol. The van der Waals surface area contributed by atoms with Crippen molar-refractivity contribution in [1.29, 1.82) is 0 Å². The summed E-state index contributed by atoms with van der Waals surface area (Å²) in [5.41, 5.74) is 3.32. The molecule has 1 aliphatic rings. The van der Waals surface area contributed by atoms with Gasteiger partial charge in [0, 0.05) is 36.6 Å². The summed E-state index contributed by atoms with van der Waals surface area (Å²) in [4.78, 5) is 29.7. The van der Waals surface area contributed by atoms with E-state index in [0.29, 0.717) is 6.54 Å². The summed E-state index contributed by atoms with van der Waals surface area (Å²) in [5, 5.41) is 14.4. The molecule has 0 bridgehead atoms. The quantitative estimate of drug-likeness (QED) is 0.333. The van der Waals surface area contributed by atoms with Gasteiger partial charge in [0.05, 0.1) is 33.8 Å². The van der Waals surface area contributed by atoms with Crippen LogP contribution in [0.25, 0.3) is 20.8 Å². The standard InChI is InChI=1S/C27H30N6O2S/c1-27(2,3)33(26(34)35)19-10-7-15-32(17-19)22-12-13-28-16-21(22)30-24-23-20(11-14-29-24)31-25(36-23)18-8-5-4-6-9-18/h4-6,8-9,11-14,16,19H,7,10,15,17H2,1-3H3,(H,29,30)(H,34,35)/t19-/m0/s1.